The molecule has 0 bridgehead atoms. The second kappa shape index (κ2) is 7.72. The fourth-order valence-electron chi connectivity index (χ4n) is 3.01. The van der Waals surface area contributed by atoms with Gasteiger partial charge in [0, 0.05) is 12.6 Å². The van der Waals surface area contributed by atoms with Crippen molar-refractivity contribution in [2.45, 2.75) is 31.6 Å². The maximum Gasteiger partial charge on any atom is 0.417 e. The molecule has 0 aromatic heterocycles. The number of piperidine rings is 1. The minimum absolute atomic E-state index is 0.00318. The van der Waals surface area contributed by atoms with Gasteiger partial charge in [0.2, 0.25) is 0 Å². The quantitative estimate of drug-likeness (QED) is 0.870. The van der Waals surface area contributed by atoms with E-state index in [0.29, 0.717) is 12.1 Å². The maximum atomic E-state index is 12.9. The Bertz CT molecular complexity index is 587. The number of alkyl halides is 3. The molecule has 8 heteroatoms. The lowest BCUT2D eigenvalue weighted by Crippen LogP contribution is -2.44. The number of carboxylic acid groups (broad SMARTS) is 1. The number of halogens is 4. The van der Waals surface area contributed by atoms with Gasteiger partial charge >= 0.3 is 12.1 Å². The summed E-state index contributed by atoms with van der Waals surface area (Å²) in [6, 6.07) is 4.19. The van der Waals surface area contributed by atoms with Gasteiger partial charge < -0.3 is 5.11 Å². The summed E-state index contributed by atoms with van der Waals surface area (Å²) in [6.07, 6.45) is -2.87. The first-order valence-corrected chi connectivity index (χ1v) is 8.04. The monoisotopic (exact) mass is 364 g/mol. The summed E-state index contributed by atoms with van der Waals surface area (Å²) >= 11 is 5.63. The highest BCUT2D eigenvalue weighted by Gasteiger charge is 2.33. The van der Waals surface area contributed by atoms with Crippen LogP contribution in [0.15, 0.2) is 18.2 Å². The number of carbonyl (C=O) groups is 1. The second-order valence-electron chi connectivity index (χ2n) is 6.13. The maximum absolute atomic E-state index is 12.9. The van der Waals surface area contributed by atoms with Gasteiger partial charge in [-0.3, -0.25) is 14.6 Å². The van der Waals surface area contributed by atoms with Gasteiger partial charge in [-0.25, -0.2) is 0 Å². The van der Waals surface area contributed by atoms with Crippen LogP contribution in [0.5, 0.6) is 0 Å². The molecule has 1 heterocycles. The third-order valence-corrected chi connectivity index (χ3v) is 4.64. The zero-order valence-electron chi connectivity index (χ0n) is 13.3. The van der Waals surface area contributed by atoms with Gasteiger partial charge in [0.1, 0.15) is 0 Å². The first kappa shape index (κ1) is 19.0. The van der Waals surface area contributed by atoms with E-state index in [1.165, 1.54) is 6.07 Å². The number of nitrogens with zero attached hydrogens (tertiary/aromatic N) is 2. The highest BCUT2D eigenvalue weighted by Crippen LogP contribution is 2.35. The average Bonchev–Trinajstić information content (AvgIpc) is 2.48. The number of likely N-dealkylation sites (tertiary alicyclic amines) is 1. The van der Waals surface area contributed by atoms with E-state index in [9.17, 15) is 18.0 Å². The number of rotatable bonds is 5. The zero-order valence-corrected chi connectivity index (χ0v) is 14.1. The molecule has 1 aromatic rings. The molecule has 0 saturated carbocycles. The summed E-state index contributed by atoms with van der Waals surface area (Å²) in [7, 11) is 1.78. The van der Waals surface area contributed by atoms with E-state index in [0.717, 1.165) is 32.0 Å². The van der Waals surface area contributed by atoms with Crippen LogP contribution in [0.4, 0.5) is 13.2 Å². The third kappa shape index (κ3) is 5.09. The highest BCUT2D eigenvalue weighted by molar-refractivity contribution is 6.31. The summed E-state index contributed by atoms with van der Waals surface area (Å²) in [4.78, 5) is 14.6. The fourth-order valence-corrected chi connectivity index (χ4v) is 3.23. The number of benzene rings is 1. The highest BCUT2D eigenvalue weighted by atomic mass is 35.5. The number of hydrogen-bond acceptors (Lipinski definition) is 3. The summed E-state index contributed by atoms with van der Waals surface area (Å²) in [5.41, 5.74) is -0.234. The summed E-state index contributed by atoms with van der Waals surface area (Å²) in [6.45, 7) is 1.86. The van der Waals surface area contributed by atoms with Crippen molar-refractivity contribution < 1.29 is 23.1 Å². The Morgan fingerprint density at radius 2 is 2.00 bits per heavy atom. The largest absolute Gasteiger partial charge is 0.480 e. The molecule has 0 radical (unpaired) electrons. The van der Waals surface area contributed by atoms with Crippen LogP contribution in [0, 0.1) is 0 Å². The number of carboxylic acids is 1. The average molecular weight is 365 g/mol. The molecular formula is C16H20ClF3N2O2. The molecule has 1 aliphatic heterocycles. The van der Waals surface area contributed by atoms with E-state index < -0.39 is 17.7 Å². The fraction of sp³-hybridized carbons (Fsp3) is 0.562. The first-order chi connectivity index (χ1) is 11.2. The molecule has 0 unspecified atom stereocenters. The molecule has 2 rings (SSSR count). The molecular weight excluding hydrogens is 345 g/mol. The van der Waals surface area contributed by atoms with Gasteiger partial charge in [0.05, 0.1) is 17.1 Å². The molecule has 134 valence electrons. The normalized spacial score (nSPS) is 17.4. The van der Waals surface area contributed by atoms with Crippen LogP contribution in [0.3, 0.4) is 0 Å². The summed E-state index contributed by atoms with van der Waals surface area (Å²) in [5, 5.41) is 8.53. The topological polar surface area (TPSA) is 43.8 Å². The van der Waals surface area contributed by atoms with Crippen LogP contribution in [0.1, 0.15) is 24.0 Å². The van der Waals surface area contributed by atoms with E-state index in [2.05, 4.69) is 4.90 Å². The van der Waals surface area contributed by atoms with Crippen LogP contribution < -0.4 is 0 Å². The van der Waals surface area contributed by atoms with Gasteiger partial charge in [-0.15, -0.1) is 0 Å². The van der Waals surface area contributed by atoms with Crippen LogP contribution in [0.25, 0.3) is 0 Å². The van der Waals surface area contributed by atoms with Crippen molar-refractivity contribution in [2.75, 3.05) is 26.7 Å². The molecule has 1 aliphatic rings. The van der Waals surface area contributed by atoms with Crippen LogP contribution in [-0.4, -0.2) is 53.6 Å². The van der Waals surface area contributed by atoms with Crippen molar-refractivity contribution in [2.24, 2.45) is 0 Å². The van der Waals surface area contributed by atoms with E-state index in [4.69, 9.17) is 16.7 Å². The van der Waals surface area contributed by atoms with E-state index in [1.807, 2.05) is 4.90 Å². The van der Waals surface area contributed by atoms with Crippen molar-refractivity contribution in [3.8, 4) is 0 Å². The smallest absolute Gasteiger partial charge is 0.417 e. The minimum atomic E-state index is -4.46. The molecule has 0 spiro atoms. The van der Waals surface area contributed by atoms with E-state index in [1.54, 1.807) is 13.1 Å². The Balaban J connectivity index is 1.94. The molecule has 0 atom stereocenters. The van der Waals surface area contributed by atoms with Gasteiger partial charge in [0.25, 0.3) is 0 Å². The first-order valence-electron chi connectivity index (χ1n) is 7.67. The van der Waals surface area contributed by atoms with Gasteiger partial charge in [0.15, 0.2) is 0 Å². The molecule has 1 N–H and O–H groups in total. The lowest BCUT2D eigenvalue weighted by Gasteiger charge is -2.36. The number of likely N-dealkylation sites (N-methyl/N-ethyl adjacent to an activating group) is 1. The van der Waals surface area contributed by atoms with Gasteiger partial charge in [-0.2, -0.15) is 13.2 Å². The molecule has 4 nitrogen and oxygen atoms in total. The van der Waals surface area contributed by atoms with Crippen LogP contribution in [-0.2, 0) is 17.5 Å². The van der Waals surface area contributed by atoms with Crippen molar-refractivity contribution >= 4 is 17.6 Å². The van der Waals surface area contributed by atoms with E-state index in [-0.39, 0.29) is 17.6 Å². The molecule has 0 amide bonds. The molecule has 1 aromatic carbocycles. The molecule has 1 fully saturated rings. The number of aliphatic carboxylic acids is 1. The molecule has 0 aliphatic carbocycles. The zero-order chi connectivity index (χ0) is 17.9. The lowest BCUT2D eigenvalue weighted by atomic mass is 10.0. The van der Waals surface area contributed by atoms with Gasteiger partial charge in [-0.1, -0.05) is 17.7 Å². The predicted octanol–water partition coefficient (Wildman–Crippen LogP) is 3.34. The van der Waals surface area contributed by atoms with Crippen molar-refractivity contribution in [3.63, 3.8) is 0 Å². The van der Waals surface area contributed by atoms with Crippen LogP contribution >= 0.6 is 11.6 Å². The SMILES string of the molecule is CN(CC(=O)O)C1CCN(Cc2ccc(Cl)c(C(F)(F)F)c2)CC1. The van der Waals surface area contributed by atoms with E-state index >= 15 is 0 Å². The summed E-state index contributed by atoms with van der Waals surface area (Å²) in [5.74, 6) is -0.860. The lowest BCUT2D eigenvalue weighted by molar-refractivity contribution is -0.139. The second-order valence-corrected chi connectivity index (χ2v) is 6.54. The van der Waals surface area contributed by atoms with Crippen LogP contribution in [0.2, 0.25) is 5.02 Å². The molecule has 24 heavy (non-hydrogen) atoms. The van der Waals surface area contributed by atoms with Crippen molar-refractivity contribution in [3.05, 3.63) is 34.3 Å². The standard InChI is InChI=1S/C16H20ClF3N2O2/c1-21(10-15(23)24)12-4-6-22(7-5-12)9-11-2-3-14(17)13(8-11)16(18,19)20/h2-3,8,12H,4-7,9-10H2,1H3,(H,23,24). The van der Waals surface area contributed by atoms with Crippen molar-refractivity contribution in [1.29, 1.82) is 0 Å². The summed E-state index contributed by atoms with van der Waals surface area (Å²) < 4.78 is 38.7. The van der Waals surface area contributed by atoms with Gasteiger partial charge in [-0.05, 0) is 50.7 Å². The molecule has 1 saturated heterocycles. The Morgan fingerprint density at radius 3 is 2.54 bits per heavy atom. The Morgan fingerprint density at radius 1 is 1.38 bits per heavy atom. The van der Waals surface area contributed by atoms with Crippen molar-refractivity contribution in [1.82, 2.24) is 9.80 Å². The minimum Gasteiger partial charge on any atom is -0.480 e. The Kier molecular flexibility index (Phi) is 6.11. The third-order valence-electron chi connectivity index (χ3n) is 4.31. The Hall–Kier alpha value is -1.31. The number of hydrogen-bond donors (Lipinski definition) is 1. The predicted molar refractivity (Wildman–Crippen MR) is 85.0 cm³/mol. The Labute approximate surface area is 143 Å².